The van der Waals surface area contributed by atoms with Crippen LogP contribution in [0, 0.1) is 0 Å². The van der Waals surface area contributed by atoms with Crippen molar-refractivity contribution < 1.29 is 14.6 Å². The third-order valence-corrected chi connectivity index (χ3v) is 1.71. The number of ether oxygens (including phenoxy) is 1. The normalized spacial score (nSPS) is 11.1. The maximum Gasteiger partial charge on any atom is 0.370 e. The average molecular weight is 192 g/mol. The number of hydrogen-bond acceptors (Lipinski definition) is 2. The van der Waals surface area contributed by atoms with Crippen LogP contribution < -0.4 is 0 Å². The second-order valence-electron chi connectivity index (χ2n) is 2.73. The van der Waals surface area contributed by atoms with Gasteiger partial charge in [0.25, 0.3) is 0 Å². The highest BCUT2D eigenvalue weighted by atomic mass is 16.5. The van der Waals surface area contributed by atoms with Gasteiger partial charge in [-0.05, 0) is 18.6 Å². The summed E-state index contributed by atoms with van der Waals surface area (Å²) in [4.78, 5) is 10.6. The second kappa shape index (κ2) is 5.07. The van der Waals surface area contributed by atoms with E-state index in [9.17, 15) is 4.79 Å². The van der Waals surface area contributed by atoms with Gasteiger partial charge in [-0.3, -0.25) is 0 Å². The molecule has 1 N–H and O–H groups in total. The van der Waals surface area contributed by atoms with E-state index in [-0.39, 0.29) is 12.4 Å². The third kappa shape index (κ3) is 2.94. The number of rotatable bonds is 4. The van der Waals surface area contributed by atoms with E-state index in [4.69, 9.17) is 9.84 Å². The quantitative estimate of drug-likeness (QED) is 0.587. The lowest BCUT2D eigenvalue weighted by Gasteiger charge is -2.05. The molecule has 0 unspecified atom stereocenters. The van der Waals surface area contributed by atoms with Crippen molar-refractivity contribution in [3.8, 4) is 0 Å². The van der Waals surface area contributed by atoms with Crippen LogP contribution in [-0.2, 0) is 16.1 Å². The van der Waals surface area contributed by atoms with Gasteiger partial charge in [-0.2, -0.15) is 0 Å². The molecule has 0 aliphatic heterocycles. The van der Waals surface area contributed by atoms with Crippen LogP contribution in [0.3, 0.4) is 0 Å². The Kier molecular flexibility index (Phi) is 3.73. The first-order valence-electron chi connectivity index (χ1n) is 4.30. The maximum atomic E-state index is 10.6. The summed E-state index contributed by atoms with van der Waals surface area (Å²) in [6.07, 6.45) is 1.44. The summed E-state index contributed by atoms with van der Waals surface area (Å²) in [5.41, 5.74) is 0.952. The van der Waals surface area contributed by atoms with Crippen molar-refractivity contribution in [2.75, 3.05) is 0 Å². The molecule has 0 saturated heterocycles. The fraction of sp³-hybridized carbons (Fsp3) is 0.182. The van der Waals surface area contributed by atoms with Crippen molar-refractivity contribution in [3.05, 3.63) is 47.7 Å². The Labute approximate surface area is 82.6 Å². The van der Waals surface area contributed by atoms with Gasteiger partial charge in [-0.15, -0.1) is 0 Å². The third-order valence-electron chi connectivity index (χ3n) is 1.71. The largest absolute Gasteiger partial charge is 0.482 e. The Hall–Kier alpha value is -1.77. The molecule has 0 aliphatic carbocycles. The van der Waals surface area contributed by atoms with Gasteiger partial charge in [0.15, 0.2) is 5.76 Å². The Balaban J connectivity index is 2.53. The summed E-state index contributed by atoms with van der Waals surface area (Å²) in [5.74, 6) is -1.06. The van der Waals surface area contributed by atoms with Crippen LogP contribution in [0.25, 0.3) is 0 Å². The van der Waals surface area contributed by atoms with Crippen molar-refractivity contribution >= 4 is 5.97 Å². The molecule has 0 aliphatic rings. The first-order chi connectivity index (χ1) is 6.74. The zero-order valence-electron chi connectivity index (χ0n) is 7.93. The van der Waals surface area contributed by atoms with Gasteiger partial charge in [-0.25, -0.2) is 4.79 Å². The van der Waals surface area contributed by atoms with E-state index < -0.39 is 5.97 Å². The Morgan fingerprint density at radius 3 is 2.57 bits per heavy atom. The number of carbonyl (C=O) groups is 1. The minimum absolute atomic E-state index is 0.0196. The summed E-state index contributed by atoms with van der Waals surface area (Å²) in [6, 6.07) is 9.44. The number of carboxylic acids is 1. The number of hydrogen-bond donors (Lipinski definition) is 1. The van der Waals surface area contributed by atoms with Gasteiger partial charge < -0.3 is 9.84 Å². The maximum absolute atomic E-state index is 10.6. The lowest BCUT2D eigenvalue weighted by Crippen LogP contribution is -2.04. The van der Waals surface area contributed by atoms with Crippen LogP contribution in [0.1, 0.15) is 12.5 Å². The van der Waals surface area contributed by atoms with E-state index in [0.29, 0.717) is 0 Å². The highest BCUT2D eigenvalue weighted by Gasteiger charge is 2.06. The van der Waals surface area contributed by atoms with Crippen molar-refractivity contribution in [2.45, 2.75) is 13.5 Å². The van der Waals surface area contributed by atoms with Gasteiger partial charge in [0.05, 0.1) is 0 Å². The first kappa shape index (κ1) is 10.3. The highest BCUT2D eigenvalue weighted by molar-refractivity contribution is 5.84. The molecule has 74 valence electrons. The summed E-state index contributed by atoms with van der Waals surface area (Å²) in [5, 5.41) is 8.66. The van der Waals surface area contributed by atoms with Crippen LogP contribution >= 0.6 is 0 Å². The molecule has 0 amide bonds. The molecule has 14 heavy (non-hydrogen) atoms. The summed E-state index contributed by atoms with van der Waals surface area (Å²) in [7, 11) is 0. The molecular formula is C11H12O3. The van der Waals surface area contributed by atoms with Crippen molar-refractivity contribution in [1.82, 2.24) is 0 Å². The van der Waals surface area contributed by atoms with Crippen molar-refractivity contribution in [3.63, 3.8) is 0 Å². The highest BCUT2D eigenvalue weighted by Crippen LogP contribution is 2.05. The standard InChI is InChI=1S/C11H12O3/c1-2-10(11(12)13)14-8-9-6-4-3-5-7-9/h2-7H,8H2,1H3,(H,12,13). The van der Waals surface area contributed by atoms with E-state index in [1.54, 1.807) is 6.92 Å². The fourth-order valence-electron chi connectivity index (χ4n) is 1.00. The predicted molar refractivity (Wildman–Crippen MR) is 52.6 cm³/mol. The van der Waals surface area contributed by atoms with Gasteiger partial charge in [0, 0.05) is 0 Å². The minimum atomic E-state index is -1.04. The molecule has 3 heteroatoms. The van der Waals surface area contributed by atoms with Crippen molar-refractivity contribution in [2.24, 2.45) is 0 Å². The average Bonchev–Trinajstić information content (AvgIpc) is 2.20. The van der Waals surface area contributed by atoms with E-state index in [1.807, 2.05) is 30.3 Å². The molecule has 0 fully saturated rings. The molecule has 0 bridgehead atoms. The molecule has 0 radical (unpaired) electrons. The molecule has 0 heterocycles. The Bertz CT molecular complexity index is 328. The Morgan fingerprint density at radius 1 is 1.43 bits per heavy atom. The van der Waals surface area contributed by atoms with E-state index in [0.717, 1.165) is 5.56 Å². The lowest BCUT2D eigenvalue weighted by molar-refractivity contribution is -0.136. The van der Waals surface area contributed by atoms with Gasteiger partial charge in [0.1, 0.15) is 6.61 Å². The first-order valence-corrected chi connectivity index (χ1v) is 4.30. The van der Waals surface area contributed by atoms with Crippen LogP contribution in [0.4, 0.5) is 0 Å². The number of benzene rings is 1. The number of aliphatic carboxylic acids is 1. The second-order valence-corrected chi connectivity index (χ2v) is 2.73. The molecule has 1 rings (SSSR count). The van der Waals surface area contributed by atoms with E-state index in [1.165, 1.54) is 6.08 Å². The predicted octanol–water partition coefficient (Wildman–Crippen LogP) is 2.19. The smallest absolute Gasteiger partial charge is 0.370 e. The van der Waals surface area contributed by atoms with Gasteiger partial charge in [0.2, 0.25) is 0 Å². The number of allylic oxidation sites excluding steroid dienone is 1. The van der Waals surface area contributed by atoms with Crippen LogP contribution in [0.5, 0.6) is 0 Å². The molecule has 1 aromatic carbocycles. The van der Waals surface area contributed by atoms with E-state index >= 15 is 0 Å². The minimum Gasteiger partial charge on any atom is -0.482 e. The molecule has 3 nitrogen and oxygen atoms in total. The lowest BCUT2D eigenvalue weighted by atomic mass is 10.2. The van der Waals surface area contributed by atoms with Crippen LogP contribution in [0.2, 0.25) is 0 Å². The zero-order valence-corrected chi connectivity index (χ0v) is 7.93. The summed E-state index contributed by atoms with van der Waals surface area (Å²) in [6.45, 7) is 1.92. The molecule has 0 atom stereocenters. The van der Waals surface area contributed by atoms with Gasteiger partial charge >= 0.3 is 5.97 Å². The molecular weight excluding hydrogens is 180 g/mol. The zero-order chi connectivity index (χ0) is 10.4. The van der Waals surface area contributed by atoms with Crippen LogP contribution in [0.15, 0.2) is 42.2 Å². The van der Waals surface area contributed by atoms with Crippen molar-refractivity contribution in [1.29, 1.82) is 0 Å². The Morgan fingerprint density at radius 2 is 2.07 bits per heavy atom. The molecule has 0 aromatic heterocycles. The fourth-order valence-corrected chi connectivity index (χ4v) is 1.00. The summed E-state index contributed by atoms with van der Waals surface area (Å²) < 4.78 is 5.10. The molecule has 0 saturated carbocycles. The topological polar surface area (TPSA) is 46.5 Å². The summed E-state index contributed by atoms with van der Waals surface area (Å²) >= 11 is 0. The molecule has 1 aromatic rings. The molecule has 0 spiro atoms. The SMILES string of the molecule is CC=C(OCc1ccccc1)C(=O)O. The van der Waals surface area contributed by atoms with E-state index in [2.05, 4.69) is 0 Å². The number of carboxylic acid groups (broad SMARTS) is 1. The van der Waals surface area contributed by atoms with Gasteiger partial charge in [-0.1, -0.05) is 30.3 Å². The monoisotopic (exact) mass is 192 g/mol. The van der Waals surface area contributed by atoms with Crippen LogP contribution in [-0.4, -0.2) is 11.1 Å².